The number of guanidine groups is 1. The molecule has 29 heavy (non-hydrogen) atoms. The number of nitrogens with one attached hydrogen (secondary N) is 2. The highest BCUT2D eigenvalue weighted by Gasteiger charge is 2.20. The van der Waals surface area contributed by atoms with Gasteiger partial charge >= 0.3 is 0 Å². The number of hydrogen-bond donors (Lipinski definition) is 2. The third kappa shape index (κ3) is 5.62. The van der Waals surface area contributed by atoms with Gasteiger partial charge in [0, 0.05) is 58.2 Å². The summed E-state index contributed by atoms with van der Waals surface area (Å²) in [7, 11) is 5.91. The number of benzene rings is 2. The molecule has 0 aromatic heterocycles. The molecule has 0 aliphatic carbocycles. The van der Waals surface area contributed by atoms with Crippen LogP contribution in [0.1, 0.15) is 24.0 Å². The molecule has 0 amide bonds. The van der Waals surface area contributed by atoms with Gasteiger partial charge in [-0.05, 0) is 61.2 Å². The van der Waals surface area contributed by atoms with Crippen molar-refractivity contribution >= 4 is 17.3 Å². The summed E-state index contributed by atoms with van der Waals surface area (Å²) in [6.07, 6.45) is 1.99. The Hall–Kier alpha value is -2.76. The summed E-state index contributed by atoms with van der Waals surface area (Å²) >= 11 is 0. The summed E-state index contributed by atoms with van der Waals surface area (Å²) in [5.74, 6) is 0.645. The Kier molecular flexibility index (Phi) is 6.96. The molecule has 3 rings (SSSR count). The van der Waals surface area contributed by atoms with Gasteiger partial charge in [0.05, 0.1) is 0 Å². The lowest BCUT2D eigenvalue weighted by atomic mass is 10.0. The van der Waals surface area contributed by atoms with Gasteiger partial charge in [0.1, 0.15) is 5.82 Å². The predicted molar refractivity (Wildman–Crippen MR) is 120 cm³/mol. The van der Waals surface area contributed by atoms with E-state index in [0.29, 0.717) is 6.04 Å². The van der Waals surface area contributed by atoms with E-state index in [1.807, 2.05) is 6.07 Å². The zero-order chi connectivity index (χ0) is 20.8. The molecular weight excluding hydrogens is 365 g/mol. The number of aryl methyl sites for hydroxylation is 1. The summed E-state index contributed by atoms with van der Waals surface area (Å²) < 4.78 is 13.5. The molecule has 2 aromatic carbocycles. The van der Waals surface area contributed by atoms with E-state index in [9.17, 15) is 4.39 Å². The van der Waals surface area contributed by atoms with Crippen molar-refractivity contribution in [3.05, 3.63) is 59.4 Å². The number of anilines is 2. The van der Waals surface area contributed by atoms with Gasteiger partial charge < -0.3 is 20.4 Å². The maximum atomic E-state index is 13.5. The zero-order valence-corrected chi connectivity index (χ0v) is 17.9. The van der Waals surface area contributed by atoms with Crippen LogP contribution in [0.2, 0.25) is 0 Å². The highest BCUT2D eigenvalue weighted by molar-refractivity contribution is 5.80. The Morgan fingerprint density at radius 1 is 1.17 bits per heavy atom. The number of hydrogen-bond acceptors (Lipinski definition) is 3. The van der Waals surface area contributed by atoms with E-state index in [1.165, 1.54) is 22.9 Å². The molecule has 6 heteroatoms. The average molecular weight is 398 g/mol. The van der Waals surface area contributed by atoms with Crippen molar-refractivity contribution in [3.8, 4) is 0 Å². The Balaban J connectivity index is 1.50. The summed E-state index contributed by atoms with van der Waals surface area (Å²) in [5, 5.41) is 6.97. The largest absolute Gasteiger partial charge is 0.378 e. The summed E-state index contributed by atoms with van der Waals surface area (Å²) in [6, 6.07) is 13.7. The number of rotatable bonds is 5. The van der Waals surface area contributed by atoms with Gasteiger partial charge in [-0.2, -0.15) is 0 Å². The fourth-order valence-electron chi connectivity index (χ4n) is 3.68. The van der Waals surface area contributed by atoms with Crippen molar-refractivity contribution in [2.45, 2.75) is 32.4 Å². The van der Waals surface area contributed by atoms with Crippen molar-refractivity contribution in [2.24, 2.45) is 4.99 Å². The van der Waals surface area contributed by atoms with Gasteiger partial charge in [0.25, 0.3) is 0 Å². The van der Waals surface area contributed by atoms with Crippen LogP contribution in [0.5, 0.6) is 0 Å². The summed E-state index contributed by atoms with van der Waals surface area (Å²) in [4.78, 5) is 8.74. The average Bonchev–Trinajstić information content (AvgIpc) is 2.72. The first-order valence-corrected chi connectivity index (χ1v) is 10.2. The first kappa shape index (κ1) is 21.0. The highest BCUT2D eigenvalue weighted by Crippen LogP contribution is 2.21. The van der Waals surface area contributed by atoms with Crippen LogP contribution in [0.25, 0.3) is 0 Å². The van der Waals surface area contributed by atoms with E-state index >= 15 is 0 Å². The Morgan fingerprint density at radius 2 is 1.93 bits per heavy atom. The second kappa shape index (κ2) is 9.63. The molecule has 2 aromatic rings. The molecule has 0 saturated carbocycles. The van der Waals surface area contributed by atoms with Gasteiger partial charge in [-0.3, -0.25) is 4.99 Å². The molecule has 0 radical (unpaired) electrons. The molecule has 1 heterocycles. The topological polar surface area (TPSA) is 42.9 Å². The molecule has 0 atom stereocenters. The van der Waals surface area contributed by atoms with Crippen LogP contribution in [-0.4, -0.2) is 46.2 Å². The molecule has 1 aliphatic heterocycles. The minimum atomic E-state index is -0.179. The van der Waals surface area contributed by atoms with Crippen LogP contribution in [0.3, 0.4) is 0 Å². The molecule has 1 aliphatic rings. The van der Waals surface area contributed by atoms with Crippen LogP contribution in [0.4, 0.5) is 15.8 Å². The molecule has 0 spiro atoms. The second-order valence-electron chi connectivity index (χ2n) is 7.82. The summed E-state index contributed by atoms with van der Waals surface area (Å²) in [5.41, 5.74) is 4.70. The smallest absolute Gasteiger partial charge is 0.191 e. The standard InChI is InChI=1S/C23H32FN5/c1-17-14-21(28(3)4)9-8-18(17)16-26-23(25-2)27-20-10-12-29(13-11-20)22-7-5-6-19(24)15-22/h5-9,14-15,20H,10-13,16H2,1-4H3,(H2,25,26,27). The number of piperidine rings is 1. The van der Waals surface area contributed by atoms with E-state index in [1.54, 1.807) is 19.2 Å². The van der Waals surface area contributed by atoms with E-state index < -0.39 is 0 Å². The lowest BCUT2D eigenvalue weighted by Gasteiger charge is -2.34. The van der Waals surface area contributed by atoms with Crippen molar-refractivity contribution in [3.63, 3.8) is 0 Å². The van der Waals surface area contributed by atoms with Crippen LogP contribution >= 0.6 is 0 Å². The van der Waals surface area contributed by atoms with Crippen molar-refractivity contribution in [1.29, 1.82) is 0 Å². The second-order valence-corrected chi connectivity index (χ2v) is 7.82. The van der Waals surface area contributed by atoms with Crippen LogP contribution < -0.4 is 20.4 Å². The monoisotopic (exact) mass is 397 g/mol. The lowest BCUT2D eigenvalue weighted by Crippen LogP contribution is -2.48. The van der Waals surface area contributed by atoms with Gasteiger partial charge in [-0.25, -0.2) is 4.39 Å². The first-order chi connectivity index (χ1) is 14.0. The van der Waals surface area contributed by atoms with Crippen LogP contribution in [-0.2, 0) is 6.54 Å². The molecule has 1 saturated heterocycles. The van der Waals surface area contributed by atoms with Gasteiger partial charge in [0.2, 0.25) is 0 Å². The van der Waals surface area contributed by atoms with Crippen molar-refractivity contribution in [1.82, 2.24) is 10.6 Å². The highest BCUT2D eigenvalue weighted by atomic mass is 19.1. The predicted octanol–water partition coefficient (Wildman–Crippen LogP) is 3.53. The fourth-order valence-corrected chi connectivity index (χ4v) is 3.68. The van der Waals surface area contributed by atoms with Gasteiger partial charge in [-0.1, -0.05) is 12.1 Å². The van der Waals surface area contributed by atoms with E-state index in [4.69, 9.17) is 0 Å². The maximum absolute atomic E-state index is 13.5. The number of halogens is 1. The van der Waals surface area contributed by atoms with Crippen LogP contribution in [0, 0.1) is 12.7 Å². The van der Waals surface area contributed by atoms with E-state index in [-0.39, 0.29) is 5.82 Å². The fraction of sp³-hybridized carbons (Fsp3) is 0.435. The Morgan fingerprint density at radius 3 is 2.55 bits per heavy atom. The van der Waals surface area contributed by atoms with Gasteiger partial charge in [0.15, 0.2) is 5.96 Å². The summed E-state index contributed by atoms with van der Waals surface area (Å²) in [6.45, 7) is 4.69. The van der Waals surface area contributed by atoms with Gasteiger partial charge in [-0.15, -0.1) is 0 Å². The number of nitrogens with zero attached hydrogens (tertiary/aromatic N) is 3. The molecule has 0 unspecified atom stereocenters. The number of aliphatic imine (C=N–C) groups is 1. The SMILES string of the molecule is CN=C(NCc1ccc(N(C)C)cc1C)NC1CCN(c2cccc(F)c2)CC1. The first-order valence-electron chi connectivity index (χ1n) is 10.2. The van der Waals surface area contributed by atoms with E-state index in [0.717, 1.165) is 44.1 Å². The molecule has 5 nitrogen and oxygen atoms in total. The zero-order valence-electron chi connectivity index (χ0n) is 17.9. The van der Waals surface area contributed by atoms with E-state index in [2.05, 4.69) is 64.6 Å². The third-order valence-electron chi connectivity index (χ3n) is 5.52. The van der Waals surface area contributed by atoms with Crippen molar-refractivity contribution in [2.75, 3.05) is 44.0 Å². The maximum Gasteiger partial charge on any atom is 0.191 e. The normalized spacial score (nSPS) is 15.3. The molecule has 2 N–H and O–H groups in total. The minimum absolute atomic E-state index is 0.179. The van der Waals surface area contributed by atoms with Crippen LogP contribution in [0.15, 0.2) is 47.5 Å². The third-order valence-corrected chi connectivity index (χ3v) is 5.52. The lowest BCUT2D eigenvalue weighted by molar-refractivity contribution is 0.461. The molecule has 156 valence electrons. The molecule has 1 fully saturated rings. The molecule has 0 bridgehead atoms. The minimum Gasteiger partial charge on any atom is -0.378 e. The van der Waals surface area contributed by atoms with Crippen molar-refractivity contribution < 1.29 is 4.39 Å². The Labute approximate surface area is 173 Å². The Bertz CT molecular complexity index is 841. The quantitative estimate of drug-likeness (QED) is 0.598. The molecular formula is C23H32FN5.